The topological polar surface area (TPSA) is 117 Å². The van der Waals surface area contributed by atoms with Crippen LogP contribution in [0.2, 0.25) is 0 Å². The van der Waals surface area contributed by atoms with Crippen LogP contribution >= 0.6 is 12.4 Å². The molecule has 2 rings (SSSR count). The molecule has 2 atom stereocenters. The maximum Gasteiger partial charge on any atom is 0.253 e. The van der Waals surface area contributed by atoms with Crippen LogP contribution in [-0.2, 0) is 9.53 Å². The van der Waals surface area contributed by atoms with Crippen molar-refractivity contribution >= 4 is 29.9 Å². The van der Waals surface area contributed by atoms with Crippen molar-refractivity contribution in [1.82, 2.24) is 0 Å². The summed E-state index contributed by atoms with van der Waals surface area (Å²) in [6.07, 6.45) is 0.713. The van der Waals surface area contributed by atoms with Crippen molar-refractivity contribution in [3.05, 3.63) is 23.8 Å². The molecule has 1 aromatic rings. The first-order valence-corrected chi connectivity index (χ1v) is 7.28. The molecule has 7 nitrogen and oxygen atoms in total. The van der Waals surface area contributed by atoms with Crippen molar-refractivity contribution in [2.75, 3.05) is 18.5 Å². The summed E-state index contributed by atoms with van der Waals surface area (Å²) in [7, 11) is 0. The zero-order valence-corrected chi connectivity index (χ0v) is 13.7. The number of carbonyl (C=O) groups is 2. The molecule has 0 unspecified atom stereocenters. The third kappa shape index (κ3) is 4.82. The van der Waals surface area contributed by atoms with Crippen LogP contribution in [0.3, 0.4) is 0 Å². The first kappa shape index (κ1) is 19.2. The van der Waals surface area contributed by atoms with Crippen molar-refractivity contribution in [2.24, 2.45) is 11.5 Å². The molecule has 0 aromatic heterocycles. The lowest BCUT2D eigenvalue weighted by Gasteiger charge is -2.15. The minimum Gasteiger partial charge on any atom is -0.494 e. The molecule has 2 amide bonds. The highest BCUT2D eigenvalue weighted by atomic mass is 35.5. The van der Waals surface area contributed by atoms with Crippen LogP contribution in [0.25, 0.3) is 0 Å². The van der Waals surface area contributed by atoms with Gasteiger partial charge in [-0.25, -0.2) is 0 Å². The molecule has 8 heteroatoms. The normalized spacial score (nSPS) is 19.7. The number of primary amides is 1. The van der Waals surface area contributed by atoms with E-state index in [1.54, 1.807) is 12.1 Å². The van der Waals surface area contributed by atoms with Crippen molar-refractivity contribution < 1.29 is 19.1 Å². The Kier molecular flexibility index (Phi) is 7.28. The van der Waals surface area contributed by atoms with E-state index in [1.807, 2.05) is 6.92 Å². The number of benzene rings is 1. The minimum absolute atomic E-state index is 0. The van der Waals surface area contributed by atoms with Crippen LogP contribution in [0.5, 0.6) is 5.75 Å². The smallest absolute Gasteiger partial charge is 0.253 e. The van der Waals surface area contributed by atoms with Crippen molar-refractivity contribution in [2.45, 2.75) is 32.0 Å². The molecule has 1 fully saturated rings. The van der Waals surface area contributed by atoms with Crippen LogP contribution in [0.4, 0.5) is 5.69 Å². The standard InChI is InChI=1S/C15H21N3O4.ClH/c1-2-21-9-3-5-12(11(7-9)14(17)19)18-15(20)13-6-4-10(8-16)22-13;/h3,5,7,10,13H,2,4,6,8,16H2,1H3,(H2,17,19)(H,18,20);1H/t10-,13+;/m1./s1. The van der Waals surface area contributed by atoms with Crippen LogP contribution < -0.4 is 21.5 Å². The largest absolute Gasteiger partial charge is 0.494 e. The maximum atomic E-state index is 12.2. The number of carbonyl (C=O) groups excluding carboxylic acids is 2. The first-order chi connectivity index (χ1) is 10.5. The molecule has 1 aliphatic heterocycles. The molecule has 0 spiro atoms. The van der Waals surface area contributed by atoms with Gasteiger partial charge in [-0.3, -0.25) is 9.59 Å². The number of nitrogens with two attached hydrogens (primary N) is 2. The van der Waals surface area contributed by atoms with Crippen molar-refractivity contribution in [1.29, 1.82) is 0 Å². The third-order valence-electron chi connectivity index (χ3n) is 3.49. The Morgan fingerprint density at radius 1 is 1.39 bits per heavy atom. The summed E-state index contributed by atoms with van der Waals surface area (Å²) in [5.74, 6) is -0.416. The van der Waals surface area contributed by atoms with E-state index in [0.717, 1.165) is 6.42 Å². The Balaban J connectivity index is 0.00000264. The van der Waals surface area contributed by atoms with Gasteiger partial charge in [0, 0.05) is 6.54 Å². The van der Waals surface area contributed by atoms with Gasteiger partial charge in [-0.15, -0.1) is 12.4 Å². The molecular weight excluding hydrogens is 322 g/mol. The Bertz CT molecular complexity index is 568. The molecule has 1 aromatic carbocycles. The zero-order chi connectivity index (χ0) is 16.1. The predicted molar refractivity (Wildman–Crippen MR) is 89.0 cm³/mol. The molecule has 5 N–H and O–H groups in total. The van der Waals surface area contributed by atoms with E-state index in [0.29, 0.717) is 31.0 Å². The van der Waals surface area contributed by atoms with Gasteiger partial charge in [-0.1, -0.05) is 0 Å². The van der Waals surface area contributed by atoms with E-state index in [9.17, 15) is 9.59 Å². The molecule has 0 aliphatic carbocycles. The third-order valence-corrected chi connectivity index (χ3v) is 3.49. The molecule has 0 bridgehead atoms. The average molecular weight is 344 g/mol. The van der Waals surface area contributed by atoms with Gasteiger partial charge in [0.25, 0.3) is 11.8 Å². The van der Waals surface area contributed by atoms with E-state index in [1.165, 1.54) is 6.07 Å². The fraction of sp³-hybridized carbons (Fsp3) is 0.467. The molecular formula is C15H22ClN3O4. The summed E-state index contributed by atoms with van der Waals surface area (Å²) >= 11 is 0. The van der Waals surface area contributed by atoms with Crippen LogP contribution in [-0.4, -0.2) is 37.2 Å². The van der Waals surface area contributed by atoms with Gasteiger partial charge in [0.05, 0.1) is 24.0 Å². The van der Waals surface area contributed by atoms with E-state index in [2.05, 4.69) is 5.32 Å². The average Bonchev–Trinajstić information content (AvgIpc) is 2.98. The zero-order valence-electron chi connectivity index (χ0n) is 12.9. The number of amides is 2. The van der Waals surface area contributed by atoms with E-state index in [-0.39, 0.29) is 30.0 Å². The predicted octanol–water partition coefficient (Wildman–Crippen LogP) is 1.05. The van der Waals surface area contributed by atoms with Gasteiger partial charge in [-0.05, 0) is 38.0 Å². The Hall–Kier alpha value is -1.83. The lowest BCUT2D eigenvalue weighted by atomic mass is 10.1. The number of halogens is 1. The summed E-state index contributed by atoms with van der Waals surface area (Å²) in [6.45, 7) is 2.70. The van der Waals surface area contributed by atoms with Crippen molar-refractivity contribution in [3.63, 3.8) is 0 Å². The van der Waals surface area contributed by atoms with Gasteiger partial charge in [-0.2, -0.15) is 0 Å². The minimum atomic E-state index is -0.635. The highest BCUT2D eigenvalue weighted by Crippen LogP contribution is 2.24. The van der Waals surface area contributed by atoms with Gasteiger partial charge < -0.3 is 26.3 Å². The second kappa shape index (κ2) is 8.71. The lowest BCUT2D eigenvalue weighted by molar-refractivity contribution is -0.126. The van der Waals surface area contributed by atoms with E-state index < -0.39 is 12.0 Å². The maximum absolute atomic E-state index is 12.2. The van der Waals surface area contributed by atoms with E-state index >= 15 is 0 Å². The van der Waals surface area contributed by atoms with Crippen molar-refractivity contribution in [3.8, 4) is 5.75 Å². The summed E-state index contributed by atoms with van der Waals surface area (Å²) in [5.41, 5.74) is 11.4. The van der Waals surface area contributed by atoms with Gasteiger partial charge >= 0.3 is 0 Å². The summed E-state index contributed by atoms with van der Waals surface area (Å²) in [5, 5.41) is 2.69. The molecule has 128 valence electrons. The fourth-order valence-electron chi connectivity index (χ4n) is 2.38. The summed E-state index contributed by atoms with van der Waals surface area (Å²) < 4.78 is 10.9. The van der Waals surface area contributed by atoms with Crippen LogP contribution in [0, 0.1) is 0 Å². The number of nitrogens with one attached hydrogen (secondary N) is 1. The van der Waals surface area contributed by atoms with Gasteiger partial charge in [0.2, 0.25) is 0 Å². The number of anilines is 1. The first-order valence-electron chi connectivity index (χ1n) is 7.28. The SMILES string of the molecule is CCOc1ccc(NC(=O)[C@@H]2CC[C@H](CN)O2)c(C(N)=O)c1.Cl. The number of rotatable bonds is 6. The number of hydrogen-bond acceptors (Lipinski definition) is 5. The quantitative estimate of drug-likeness (QED) is 0.713. The van der Waals surface area contributed by atoms with Gasteiger partial charge in [0.15, 0.2) is 0 Å². The summed E-state index contributed by atoms with van der Waals surface area (Å²) in [4.78, 5) is 23.7. The lowest BCUT2D eigenvalue weighted by Crippen LogP contribution is -2.30. The van der Waals surface area contributed by atoms with E-state index in [4.69, 9.17) is 20.9 Å². The monoisotopic (exact) mass is 343 g/mol. The second-order valence-electron chi connectivity index (χ2n) is 5.05. The number of hydrogen-bond donors (Lipinski definition) is 3. The fourth-order valence-corrected chi connectivity index (χ4v) is 2.38. The summed E-state index contributed by atoms with van der Waals surface area (Å²) in [6, 6.07) is 4.78. The molecule has 23 heavy (non-hydrogen) atoms. The van der Waals surface area contributed by atoms with Crippen LogP contribution in [0.1, 0.15) is 30.1 Å². The molecule has 1 saturated heterocycles. The molecule has 1 heterocycles. The molecule has 0 radical (unpaired) electrons. The Labute approximate surface area is 141 Å². The Morgan fingerprint density at radius 2 is 2.13 bits per heavy atom. The second-order valence-corrected chi connectivity index (χ2v) is 5.05. The molecule has 1 aliphatic rings. The highest BCUT2D eigenvalue weighted by molar-refractivity contribution is 6.04. The Morgan fingerprint density at radius 3 is 2.70 bits per heavy atom. The number of ether oxygens (including phenoxy) is 2. The highest BCUT2D eigenvalue weighted by Gasteiger charge is 2.30. The molecule has 0 saturated carbocycles. The van der Waals surface area contributed by atoms with Crippen LogP contribution in [0.15, 0.2) is 18.2 Å². The van der Waals surface area contributed by atoms with Gasteiger partial charge in [0.1, 0.15) is 11.9 Å².